The predicted molar refractivity (Wildman–Crippen MR) is 117 cm³/mol. The molecule has 1 saturated heterocycles. The third-order valence-corrected chi connectivity index (χ3v) is 6.46. The highest BCUT2D eigenvalue weighted by Crippen LogP contribution is 2.52. The van der Waals surface area contributed by atoms with E-state index in [2.05, 4.69) is 6.92 Å². The molecule has 2 spiro atoms. The van der Waals surface area contributed by atoms with Gasteiger partial charge in [-0.2, -0.15) is 0 Å². The topological polar surface area (TPSA) is 69.3 Å². The number of nitrogens with two attached hydrogens (primary N) is 1. The van der Waals surface area contributed by atoms with Crippen molar-refractivity contribution in [3.63, 3.8) is 0 Å². The molecule has 3 heterocycles. The van der Waals surface area contributed by atoms with Crippen molar-refractivity contribution in [1.82, 2.24) is 5.06 Å². The normalized spacial score (nSPS) is 30.3. The van der Waals surface area contributed by atoms with Crippen LogP contribution in [0.4, 0.5) is 0 Å². The van der Waals surface area contributed by atoms with Gasteiger partial charge in [-0.15, -0.1) is 0 Å². The van der Waals surface area contributed by atoms with Crippen LogP contribution < -0.4 is 10.5 Å². The van der Waals surface area contributed by atoms with Gasteiger partial charge in [0.2, 0.25) is 11.7 Å². The average Bonchev–Trinajstić information content (AvgIpc) is 2.97. The second-order valence-electron chi connectivity index (χ2n) is 8.33. The van der Waals surface area contributed by atoms with Crippen molar-refractivity contribution >= 4 is 29.2 Å². The highest BCUT2D eigenvalue weighted by Gasteiger charge is 2.55. The first-order valence-corrected chi connectivity index (χ1v) is 10.7. The molecule has 2 N–H and O–H groups in total. The minimum absolute atomic E-state index is 0.215. The summed E-state index contributed by atoms with van der Waals surface area (Å²) < 4.78 is 12.5. The Balaban J connectivity index is 1.62. The summed E-state index contributed by atoms with van der Waals surface area (Å²) >= 11 is 12.4. The lowest BCUT2D eigenvalue weighted by Gasteiger charge is -2.47. The third kappa shape index (κ3) is 3.32. The molecule has 5 rings (SSSR count). The Morgan fingerprint density at radius 3 is 2.53 bits per heavy atom. The Hall–Kier alpha value is -1.99. The summed E-state index contributed by atoms with van der Waals surface area (Å²) in [6.07, 6.45) is 2.51. The Labute approximate surface area is 185 Å². The summed E-state index contributed by atoms with van der Waals surface area (Å²) in [5.74, 6) is 1.06. The monoisotopic (exact) mass is 447 g/mol. The molecule has 6 nitrogen and oxygen atoms in total. The maximum absolute atomic E-state index is 6.52. The van der Waals surface area contributed by atoms with Gasteiger partial charge in [0.1, 0.15) is 11.4 Å². The molecule has 3 atom stereocenters. The Kier molecular flexibility index (Phi) is 4.67. The summed E-state index contributed by atoms with van der Waals surface area (Å²) in [7, 11) is 1.76. The number of nitrogens with zero attached hydrogens (tertiary/aromatic N) is 2. The number of hydrogen-bond acceptors (Lipinski definition) is 6. The highest BCUT2D eigenvalue weighted by atomic mass is 35.5. The molecule has 2 aromatic carbocycles. The predicted octanol–water partition coefficient (Wildman–Crippen LogP) is 4.73. The number of benzene rings is 2. The van der Waals surface area contributed by atoms with Gasteiger partial charge in [-0.3, -0.25) is 0 Å². The van der Waals surface area contributed by atoms with Crippen LogP contribution in [0.25, 0.3) is 11.1 Å². The van der Waals surface area contributed by atoms with Gasteiger partial charge in [0.15, 0.2) is 0 Å². The van der Waals surface area contributed by atoms with Crippen molar-refractivity contribution in [3.05, 3.63) is 52.0 Å². The number of ether oxygens (including phenoxy) is 2. The summed E-state index contributed by atoms with van der Waals surface area (Å²) in [6, 6.07) is 11.4. The first-order chi connectivity index (χ1) is 14.3. The van der Waals surface area contributed by atoms with Crippen LogP contribution in [0.3, 0.4) is 0 Å². The van der Waals surface area contributed by atoms with Crippen LogP contribution in [0.2, 0.25) is 10.0 Å². The van der Waals surface area contributed by atoms with E-state index >= 15 is 0 Å². The SMILES string of the molecule is CC1CC[C@]2(CO1)C[C@]1(N=C(N)N(C)O1)c1cc(-c3cc(Cl)cc(Cl)c3)ccc1O2. The van der Waals surface area contributed by atoms with Gasteiger partial charge < -0.3 is 15.2 Å². The van der Waals surface area contributed by atoms with Crippen molar-refractivity contribution in [3.8, 4) is 16.9 Å². The molecule has 30 heavy (non-hydrogen) atoms. The maximum atomic E-state index is 6.52. The minimum Gasteiger partial charge on any atom is -0.484 e. The van der Waals surface area contributed by atoms with Crippen molar-refractivity contribution in [2.75, 3.05) is 13.7 Å². The first-order valence-electron chi connectivity index (χ1n) is 9.97. The zero-order chi connectivity index (χ0) is 21.1. The van der Waals surface area contributed by atoms with E-state index in [1.165, 1.54) is 5.06 Å². The lowest BCUT2D eigenvalue weighted by Crippen LogP contribution is -2.54. The summed E-state index contributed by atoms with van der Waals surface area (Å²) in [4.78, 5) is 11.0. The van der Waals surface area contributed by atoms with Crippen LogP contribution >= 0.6 is 23.2 Å². The van der Waals surface area contributed by atoms with Crippen LogP contribution in [0.15, 0.2) is 41.4 Å². The fourth-order valence-electron chi connectivity index (χ4n) is 4.49. The van der Waals surface area contributed by atoms with E-state index in [-0.39, 0.29) is 6.10 Å². The average molecular weight is 448 g/mol. The molecule has 0 saturated carbocycles. The zero-order valence-corrected chi connectivity index (χ0v) is 18.3. The smallest absolute Gasteiger partial charge is 0.222 e. The number of halogens is 2. The summed E-state index contributed by atoms with van der Waals surface area (Å²) in [6.45, 7) is 2.57. The molecule has 0 radical (unpaired) electrons. The van der Waals surface area contributed by atoms with E-state index in [0.29, 0.717) is 29.0 Å². The minimum atomic E-state index is -0.964. The van der Waals surface area contributed by atoms with Gasteiger partial charge in [-0.05, 0) is 61.2 Å². The van der Waals surface area contributed by atoms with E-state index in [9.17, 15) is 0 Å². The molecule has 3 aliphatic rings. The molecule has 2 aromatic rings. The van der Waals surface area contributed by atoms with Gasteiger partial charge in [0.05, 0.1) is 18.3 Å². The van der Waals surface area contributed by atoms with Gasteiger partial charge in [0.25, 0.3) is 0 Å². The van der Waals surface area contributed by atoms with E-state index in [4.69, 9.17) is 48.2 Å². The van der Waals surface area contributed by atoms with Gasteiger partial charge in [-0.25, -0.2) is 14.9 Å². The van der Waals surface area contributed by atoms with E-state index in [1.54, 1.807) is 13.1 Å². The van der Waals surface area contributed by atoms with Crippen molar-refractivity contribution in [2.24, 2.45) is 10.7 Å². The lowest BCUT2D eigenvalue weighted by molar-refractivity contribution is -0.220. The molecule has 0 bridgehead atoms. The molecule has 158 valence electrons. The van der Waals surface area contributed by atoms with Crippen LogP contribution in [0, 0.1) is 0 Å². The third-order valence-electron chi connectivity index (χ3n) is 6.03. The number of rotatable bonds is 1. The van der Waals surface area contributed by atoms with Gasteiger partial charge in [0, 0.05) is 23.5 Å². The largest absolute Gasteiger partial charge is 0.484 e. The fourth-order valence-corrected chi connectivity index (χ4v) is 5.02. The van der Waals surface area contributed by atoms with Crippen LogP contribution in [0.5, 0.6) is 5.75 Å². The van der Waals surface area contributed by atoms with Gasteiger partial charge in [-0.1, -0.05) is 29.3 Å². The quantitative estimate of drug-likeness (QED) is 0.684. The zero-order valence-electron chi connectivity index (χ0n) is 16.8. The molecule has 8 heteroatoms. The summed E-state index contributed by atoms with van der Waals surface area (Å²) in [5, 5.41) is 2.67. The Morgan fingerprint density at radius 2 is 1.90 bits per heavy atom. The van der Waals surface area contributed by atoms with Crippen molar-refractivity contribution < 1.29 is 14.3 Å². The second kappa shape index (κ2) is 7.02. The number of fused-ring (bicyclic) bond motifs is 2. The first kappa shape index (κ1) is 19.9. The number of hydroxylamine groups is 2. The number of aliphatic imine (C=N–C) groups is 1. The maximum Gasteiger partial charge on any atom is 0.222 e. The molecule has 1 unspecified atom stereocenters. The second-order valence-corrected chi connectivity index (χ2v) is 9.21. The lowest BCUT2D eigenvalue weighted by atomic mass is 9.80. The van der Waals surface area contributed by atoms with Crippen LogP contribution in [-0.4, -0.2) is 36.4 Å². The van der Waals surface area contributed by atoms with Crippen LogP contribution in [-0.2, 0) is 15.3 Å². The van der Waals surface area contributed by atoms with E-state index < -0.39 is 11.3 Å². The molecule has 0 amide bonds. The van der Waals surface area contributed by atoms with Crippen molar-refractivity contribution in [2.45, 2.75) is 43.6 Å². The van der Waals surface area contributed by atoms with Crippen molar-refractivity contribution in [1.29, 1.82) is 0 Å². The fraction of sp³-hybridized carbons (Fsp3) is 0.409. The van der Waals surface area contributed by atoms with E-state index in [0.717, 1.165) is 35.3 Å². The molecular weight excluding hydrogens is 425 g/mol. The number of guanidine groups is 1. The van der Waals surface area contributed by atoms with Gasteiger partial charge >= 0.3 is 0 Å². The van der Waals surface area contributed by atoms with E-state index in [1.807, 2.05) is 30.3 Å². The van der Waals surface area contributed by atoms with Crippen LogP contribution in [0.1, 0.15) is 31.7 Å². The molecule has 0 aromatic heterocycles. The summed E-state index contributed by atoms with van der Waals surface area (Å²) in [5.41, 5.74) is 7.32. The molecule has 1 fully saturated rings. The Bertz CT molecular complexity index is 1020. The molecule has 0 aliphatic carbocycles. The molecule has 3 aliphatic heterocycles. The molecular formula is C22H23Cl2N3O3. The standard InChI is InChI=1S/C22H23Cl2N3O3/c1-13-5-6-21(12-28-13)11-22(26-20(25)27(2)30-22)18-9-14(3-4-19(18)29-21)15-7-16(23)10-17(24)8-15/h3-4,7-10,13H,5-6,11-12H2,1-2H3,(H2,25,26)/t13?,21-,22-/m1/s1. The Morgan fingerprint density at radius 1 is 1.13 bits per heavy atom. The number of hydrogen-bond donors (Lipinski definition) is 1. The highest BCUT2D eigenvalue weighted by molar-refractivity contribution is 6.35.